The Bertz CT molecular complexity index is 1020. The monoisotopic (exact) mass is 401 g/mol. The van der Waals surface area contributed by atoms with Gasteiger partial charge in [0.05, 0.1) is 17.3 Å². The zero-order chi connectivity index (χ0) is 21.3. The smallest absolute Gasteiger partial charge is 0.313 e. The molecular weight excluding hydrogens is 378 g/mol. The average Bonchev–Trinajstić information content (AvgIpc) is 2.79. The molecular formula is C24H23N3O3. The maximum Gasteiger partial charge on any atom is 0.313 e. The number of anilines is 1. The molecule has 0 aromatic heterocycles. The molecule has 152 valence electrons. The van der Waals surface area contributed by atoms with E-state index in [1.165, 1.54) is 0 Å². The summed E-state index contributed by atoms with van der Waals surface area (Å²) in [6.07, 6.45) is 0. The van der Waals surface area contributed by atoms with Crippen LogP contribution in [0.15, 0.2) is 84.9 Å². The highest BCUT2D eigenvalue weighted by atomic mass is 16.2. The van der Waals surface area contributed by atoms with E-state index in [9.17, 15) is 14.4 Å². The Labute approximate surface area is 175 Å². The van der Waals surface area contributed by atoms with Gasteiger partial charge in [0.2, 0.25) is 0 Å². The first-order valence-electron chi connectivity index (χ1n) is 9.62. The minimum absolute atomic E-state index is 0.274. The van der Waals surface area contributed by atoms with E-state index in [4.69, 9.17) is 0 Å². The molecule has 0 aliphatic carbocycles. The van der Waals surface area contributed by atoms with Gasteiger partial charge in [-0.25, -0.2) is 0 Å². The second-order valence-electron chi connectivity index (χ2n) is 6.77. The van der Waals surface area contributed by atoms with Crippen molar-refractivity contribution in [1.82, 2.24) is 10.6 Å². The molecule has 0 fully saturated rings. The molecule has 0 bridgehead atoms. The Balaban J connectivity index is 1.62. The van der Waals surface area contributed by atoms with E-state index in [1.807, 2.05) is 60.7 Å². The molecule has 3 N–H and O–H groups in total. The predicted octanol–water partition coefficient (Wildman–Crippen LogP) is 3.43. The number of para-hydroxylation sites is 1. The summed E-state index contributed by atoms with van der Waals surface area (Å²) in [7, 11) is 0. The lowest BCUT2D eigenvalue weighted by atomic mass is 10.1. The summed E-state index contributed by atoms with van der Waals surface area (Å²) < 4.78 is 0. The molecule has 0 aliphatic rings. The van der Waals surface area contributed by atoms with Gasteiger partial charge in [-0.15, -0.1) is 0 Å². The van der Waals surface area contributed by atoms with Crippen molar-refractivity contribution in [3.8, 4) is 0 Å². The van der Waals surface area contributed by atoms with Gasteiger partial charge in [0.1, 0.15) is 0 Å². The highest BCUT2D eigenvalue weighted by molar-refractivity contribution is 6.40. The van der Waals surface area contributed by atoms with Gasteiger partial charge in [0, 0.05) is 6.54 Å². The first kappa shape index (κ1) is 20.8. The molecule has 0 saturated heterocycles. The van der Waals surface area contributed by atoms with E-state index in [0.29, 0.717) is 6.54 Å². The molecule has 30 heavy (non-hydrogen) atoms. The minimum atomic E-state index is -0.832. The standard InChI is InChI=1S/C24H23N3O3/c1-17(19-12-6-3-7-13-19)26-23(29)24(30)27-21-15-9-8-14-20(21)22(28)25-16-18-10-4-2-5-11-18/h2-15,17H,16H2,1H3,(H,25,28)(H,26,29)(H,27,30)/t17-/m0/s1. The topological polar surface area (TPSA) is 87.3 Å². The van der Waals surface area contributed by atoms with Gasteiger partial charge in [-0.2, -0.15) is 0 Å². The number of carbonyl (C=O) groups is 3. The largest absolute Gasteiger partial charge is 0.348 e. The van der Waals surface area contributed by atoms with Crippen LogP contribution in [0.1, 0.15) is 34.5 Å². The molecule has 0 saturated carbocycles. The second kappa shape index (κ2) is 10.0. The van der Waals surface area contributed by atoms with Crippen molar-refractivity contribution in [2.24, 2.45) is 0 Å². The third kappa shape index (κ3) is 5.54. The van der Waals surface area contributed by atoms with Crippen molar-refractivity contribution < 1.29 is 14.4 Å². The van der Waals surface area contributed by atoms with Crippen LogP contribution in [0.5, 0.6) is 0 Å². The maximum atomic E-state index is 12.6. The van der Waals surface area contributed by atoms with Gasteiger partial charge >= 0.3 is 11.8 Å². The quantitative estimate of drug-likeness (QED) is 0.553. The number of benzene rings is 3. The van der Waals surface area contributed by atoms with Crippen molar-refractivity contribution in [3.05, 3.63) is 102 Å². The molecule has 3 amide bonds. The van der Waals surface area contributed by atoms with Crippen LogP contribution in [0.3, 0.4) is 0 Å². The minimum Gasteiger partial charge on any atom is -0.348 e. The van der Waals surface area contributed by atoms with Crippen LogP contribution >= 0.6 is 0 Å². The van der Waals surface area contributed by atoms with Crippen molar-refractivity contribution in [1.29, 1.82) is 0 Å². The van der Waals surface area contributed by atoms with Crippen molar-refractivity contribution >= 4 is 23.4 Å². The average molecular weight is 401 g/mol. The highest BCUT2D eigenvalue weighted by Gasteiger charge is 2.19. The van der Waals surface area contributed by atoms with Crippen molar-refractivity contribution in [2.45, 2.75) is 19.5 Å². The molecule has 0 aliphatic heterocycles. The molecule has 6 nitrogen and oxygen atoms in total. The third-order valence-corrected chi connectivity index (χ3v) is 4.57. The molecule has 0 spiro atoms. The molecule has 3 aromatic rings. The Morgan fingerprint density at radius 2 is 1.37 bits per heavy atom. The lowest BCUT2D eigenvalue weighted by Crippen LogP contribution is -2.37. The summed E-state index contributed by atoms with van der Waals surface area (Å²) in [4.78, 5) is 37.3. The van der Waals surface area contributed by atoms with Crippen LogP contribution in [0.2, 0.25) is 0 Å². The van der Waals surface area contributed by atoms with Gasteiger partial charge < -0.3 is 16.0 Å². The van der Waals surface area contributed by atoms with E-state index in [1.54, 1.807) is 31.2 Å². The van der Waals surface area contributed by atoms with Crippen LogP contribution in [0, 0.1) is 0 Å². The summed E-state index contributed by atoms with van der Waals surface area (Å²) in [6, 6.07) is 25.1. The van der Waals surface area contributed by atoms with Crippen LogP contribution < -0.4 is 16.0 Å². The van der Waals surface area contributed by atoms with Crippen LogP contribution in [0.25, 0.3) is 0 Å². The van der Waals surface area contributed by atoms with Crippen LogP contribution in [-0.4, -0.2) is 17.7 Å². The Hall–Kier alpha value is -3.93. The normalized spacial score (nSPS) is 11.2. The number of rotatable bonds is 6. The number of carbonyl (C=O) groups excluding carboxylic acids is 3. The van der Waals surface area contributed by atoms with Gasteiger partial charge in [0.25, 0.3) is 5.91 Å². The second-order valence-corrected chi connectivity index (χ2v) is 6.77. The lowest BCUT2D eigenvalue weighted by Gasteiger charge is -2.15. The summed E-state index contributed by atoms with van der Waals surface area (Å²) in [5, 5.41) is 8.02. The summed E-state index contributed by atoms with van der Waals surface area (Å²) in [6.45, 7) is 2.16. The van der Waals surface area contributed by atoms with E-state index in [-0.39, 0.29) is 23.2 Å². The van der Waals surface area contributed by atoms with Crippen molar-refractivity contribution in [3.63, 3.8) is 0 Å². The fourth-order valence-electron chi connectivity index (χ4n) is 2.93. The zero-order valence-electron chi connectivity index (χ0n) is 16.6. The Morgan fingerprint density at radius 3 is 2.07 bits per heavy atom. The van der Waals surface area contributed by atoms with Crippen molar-refractivity contribution in [2.75, 3.05) is 5.32 Å². The molecule has 6 heteroatoms. The molecule has 0 heterocycles. The van der Waals surface area contributed by atoms with E-state index >= 15 is 0 Å². The number of amides is 3. The molecule has 3 aromatic carbocycles. The fraction of sp³-hybridized carbons (Fsp3) is 0.125. The number of nitrogens with one attached hydrogen (secondary N) is 3. The van der Waals surface area contributed by atoms with E-state index in [2.05, 4.69) is 16.0 Å². The highest BCUT2D eigenvalue weighted by Crippen LogP contribution is 2.16. The summed E-state index contributed by atoms with van der Waals surface area (Å²) in [5.41, 5.74) is 2.40. The van der Waals surface area contributed by atoms with Crippen LogP contribution in [0.4, 0.5) is 5.69 Å². The first-order chi connectivity index (χ1) is 14.5. The van der Waals surface area contributed by atoms with Gasteiger partial charge in [-0.3, -0.25) is 14.4 Å². The zero-order valence-corrected chi connectivity index (χ0v) is 16.6. The number of hydrogen-bond donors (Lipinski definition) is 3. The fourth-order valence-corrected chi connectivity index (χ4v) is 2.93. The predicted molar refractivity (Wildman–Crippen MR) is 116 cm³/mol. The Morgan fingerprint density at radius 1 is 0.767 bits per heavy atom. The molecule has 0 radical (unpaired) electrons. The van der Waals surface area contributed by atoms with Gasteiger partial charge in [-0.1, -0.05) is 72.8 Å². The third-order valence-electron chi connectivity index (χ3n) is 4.57. The molecule has 1 atom stereocenters. The SMILES string of the molecule is C[C@H](NC(=O)C(=O)Nc1ccccc1C(=O)NCc1ccccc1)c1ccccc1. The summed E-state index contributed by atoms with van der Waals surface area (Å²) >= 11 is 0. The number of hydrogen-bond acceptors (Lipinski definition) is 3. The van der Waals surface area contributed by atoms with Gasteiger partial charge in [0.15, 0.2) is 0 Å². The van der Waals surface area contributed by atoms with E-state index < -0.39 is 11.8 Å². The van der Waals surface area contributed by atoms with Crippen LogP contribution in [-0.2, 0) is 16.1 Å². The van der Waals surface area contributed by atoms with E-state index in [0.717, 1.165) is 11.1 Å². The van der Waals surface area contributed by atoms with Gasteiger partial charge in [-0.05, 0) is 30.2 Å². The summed E-state index contributed by atoms with van der Waals surface area (Å²) in [5.74, 6) is -1.94. The maximum absolute atomic E-state index is 12.6. The lowest BCUT2D eigenvalue weighted by molar-refractivity contribution is -0.136. The Kier molecular flexibility index (Phi) is 6.95. The molecule has 0 unspecified atom stereocenters. The molecule has 3 rings (SSSR count). The first-order valence-corrected chi connectivity index (χ1v) is 9.62.